The summed E-state index contributed by atoms with van der Waals surface area (Å²) in [5.74, 6) is 0. The van der Waals surface area contributed by atoms with Gasteiger partial charge in [0.1, 0.15) is 6.33 Å². The van der Waals surface area contributed by atoms with E-state index in [0.717, 1.165) is 11.3 Å². The van der Waals surface area contributed by atoms with E-state index in [1.807, 2.05) is 31.2 Å². The van der Waals surface area contributed by atoms with Crippen LogP contribution in [0.4, 0.5) is 0 Å². The van der Waals surface area contributed by atoms with E-state index in [4.69, 9.17) is 0 Å². The summed E-state index contributed by atoms with van der Waals surface area (Å²) < 4.78 is 1.54. The lowest BCUT2D eigenvalue weighted by molar-refractivity contribution is 0.927. The van der Waals surface area contributed by atoms with Crippen LogP contribution in [-0.2, 0) is 0 Å². The van der Waals surface area contributed by atoms with Crippen LogP contribution >= 0.6 is 0 Å². The smallest absolute Gasteiger partial charge is 0.257 e. The fourth-order valence-corrected chi connectivity index (χ4v) is 1.36. The highest BCUT2D eigenvalue weighted by atomic mass is 16.1. The molecule has 0 saturated heterocycles. The van der Waals surface area contributed by atoms with Gasteiger partial charge in [0.15, 0.2) is 0 Å². The molecule has 70 valence electrons. The van der Waals surface area contributed by atoms with Gasteiger partial charge in [0.25, 0.3) is 5.56 Å². The molecule has 0 aliphatic rings. The zero-order valence-corrected chi connectivity index (χ0v) is 7.84. The predicted octanol–water partition coefficient (Wildman–Crippen LogP) is 1.54. The largest absolute Gasteiger partial charge is 0.269 e. The van der Waals surface area contributed by atoms with Crippen LogP contribution in [0.25, 0.3) is 5.69 Å². The van der Waals surface area contributed by atoms with E-state index in [0.29, 0.717) is 0 Å². The molecule has 3 nitrogen and oxygen atoms in total. The second kappa shape index (κ2) is 3.46. The third-order valence-corrected chi connectivity index (χ3v) is 2.10. The molecule has 0 radical (unpaired) electrons. The Morgan fingerprint density at radius 1 is 1.21 bits per heavy atom. The molecule has 14 heavy (non-hydrogen) atoms. The van der Waals surface area contributed by atoms with E-state index in [9.17, 15) is 4.79 Å². The van der Waals surface area contributed by atoms with Gasteiger partial charge < -0.3 is 0 Å². The molecule has 0 spiro atoms. The lowest BCUT2D eigenvalue weighted by atomic mass is 10.2. The van der Waals surface area contributed by atoms with Crippen LogP contribution in [0.2, 0.25) is 0 Å². The average molecular weight is 186 g/mol. The van der Waals surface area contributed by atoms with Gasteiger partial charge in [-0.3, -0.25) is 9.36 Å². The van der Waals surface area contributed by atoms with Crippen molar-refractivity contribution in [3.05, 3.63) is 58.8 Å². The minimum atomic E-state index is -0.0608. The summed E-state index contributed by atoms with van der Waals surface area (Å²) in [5.41, 5.74) is 1.88. The van der Waals surface area contributed by atoms with Crippen LogP contribution in [0, 0.1) is 6.92 Å². The summed E-state index contributed by atoms with van der Waals surface area (Å²) in [6, 6.07) is 9.17. The molecule has 3 heteroatoms. The first-order valence-corrected chi connectivity index (χ1v) is 4.38. The van der Waals surface area contributed by atoms with E-state index < -0.39 is 0 Å². The molecule has 0 atom stereocenters. The fourth-order valence-electron chi connectivity index (χ4n) is 1.36. The van der Waals surface area contributed by atoms with Gasteiger partial charge in [-0.2, -0.15) is 0 Å². The van der Waals surface area contributed by atoms with Crippen molar-refractivity contribution in [3.63, 3.8) is 0 Å². The molecule has 0 amide bonds. The topological polar surface area (TPSA) is 34.9 Å². The second-order valence-corrected chi connectivity index (χ2v) is 3.08. The molecule has 0 saturated carbocycles. The van der Waals surface area contributed by atoms with Crippen LogP contribution in [0.1, 0.15) is 5.56 Å². The van der Waals surface area contributed by atoms with Gasteiger partial charge in [-0.05, 0) is 18.6 Å². The van der Waals surface area contributed by atoms with Gasteiger partial charge in [-0.15, -0.1) is 0 Å². The Morgan fingerprint density at radius 3 is 2.71 bits per heavy atom. The molecule has 0 bridgehead atoms. The highest BCUT2D eigenvalue weighted by Gasteiger charge is 2.00. The number of hydrogen-bond acceptors (Lipinski definition) is 2. The average Bonchev–Trinajstić information content (AvgIpc) is 2.20. The van der Waals surface area contributed by atoms with Gasteiger partial charge in [0.2, 0.25) is 0 Å². The Labute approximate surface area is 81.7 Å². The maximum Gasteiger partial charge on any atom is 0.257 e. The van der Waals surface area contributed by atoms with Gasteiger partial charge in [0.05, 0.1) is 5.69 Å². The number of nitrogens with zero attached hydrogens (tertiary/aromatic N) is 2. The maximum atomic E-state index is 11.5. The molecule has 0 unspecified atom stereocenters. The summed E-state index contributed by atoms with van der Waals surface area (Å²) in [7, 11) is 0. The van der Waals surface area contributed by atoms with E-state index in [2.05, 4.69) is 4.98 Å². The van der Waals surface area contributed by atoms with Crippen molar-refractivity contribution < 1.29 is 0 Å². The Balaban J connectivity index is 2.67. The highest BCUT2D eigenvalue weighted by molar-refractivity contribution is 5.39. The summed E-state index contributed by atoms with van der Waals surface area (Å²) in [6.45, 7) is 1.97. The number of aromatic nitrogens is 2. The van der Waals surface area contributed by atoms with Crippen molar-refractivity contribution in [2.75, 3.05) is 0 Å². The Bertz CT molecular complexity index is 502. The van der Waals surface area contributed by atoms with Gasteiger partial charge >= 0.3 is 0 Å². The van der Waals surface area contributed by atoms with Crippen molar-refractivity contribution in [2.45, 2.75) is 6.92 Å². The SMILES string of the molecule is Cc1ccccc1-n1cnccc1=O. The van der Waals surface area contributed by atoms with E-state index in [-0.39, 0.29) is 5.56 Å². The first-order valence-electron chi connectivity index (χ1n) is 4.38. The minimum Gasteiger partial charge on any atom is -0.269 e. The minimum absolute atomic E-state index is 0.0608. The molecule has 1 aromatic heterocycles. The fraction of sp³-hybridized carbons (Fsp3) is 0.0909. The van der Waals surface area contributed by atoms with Crippen molar-refractivity contribution >= 4 is 0 Å². The van der Waals surface area contributed by atoms with Crippen molar-refractivity contribution in [1.29, 1.82) is 0 Å². The normalized spacial score (nSPS) is 10.1. The van der Waals surface area contributed by atoms with Crippen LogP contribution in [0.15, 0.2) is 47.7 Å². The van der Waals surface area contributed by atoms with E-state index >= 15 is 0 Å². The van der Waals surface area contributed by atoms with Crippen molar-refractivity contribution in [1.82, 2.24) is 9.55 Å². The molecule has 1 aromatic carbocycles. The van der Waals surface area contributed by atoms with Crippen LogP contribution < -0.4 is 5.56 Å². The van der Waals surface area contributed by atoms with Crippen LogP contribution in [-0.4, -0.2) is 9.55 Å². The molecule has 2 rings (SSSR count). The number of hydrogen-bond donors (Lipinski definition) is 0. The van der Waals surface area contributed by atoms with Gasteiger partial charge in [0, 0.05) is 12.3 Å². The monoisotopic (exact) mass is 186 g/mol. The zero-order chi connectivity index (χ0) is 9.97. The lowest BCUT2D eigenvalue weighted by Gasteiger charge is -2.06. The summed E-state index contributed by atoms with van der Waals surface area (Å²) >= 11 is 0. The Kier molecular flexibility index (Phi) is 2.14. The first kappa shape index (κ1) is 8.69. The third-order valence-electron chi connectivity index (χ3n) is 2.10. The Hall–Kier alpha value is -1.90. The molecule has 2 aromatic rings. The van der Waals surface area contributed by atoms with Crippen LogP contribution in [0.3, 0.4) is 0 Å². The molecule has 1 heterocycles. The quantitative estimate of drug-likeness (QED) is 0.677. The summed E-state index contributed by atoms with van der Waals surface area (Å²) in [4.78, 5) is 15.4. The first-order chi connectivity index (χ1) is 6.79. The molecule has 0 fully saturated rings. The number of aryl methyl sites for hydroxylation is 1. The molecular formula is C11H10N2O. The van der Waals surface area contributed by atoms with Crippen molar-refractivity contribution in [2.24, 2.45) is 0 Å². The van der Waals surface area contributed by atoms with E-state index in [1.165, 1.54) is 23.2 Å². The molecular weight excluding hydrogens is 176 g/mol. The van der Waals surface area contributed by atoms with Crippen LogP contribution in [0.5, 0.6) is 0 Å². The second-order valence-electron chi connectivity index (χ2n) is 3.08. The number of para-hydroxylation sites is 1. The highest BCUT2D eigenvalue weighted by Crippen LogP contribution is 2.09. The molecule has 0 N–H and O–H groups in total. The number of benzene rings is 1. The van der Waals surface area contributed by atoms with Crippen molar-refractivity contribution in [3.8, 4) is 5.69 Å². The Morgan fingerprint density at radius 2 is 2.00 bits per heavy atom. The lowest BCUT2D eigenvalue weighted by Crippen LogP contribution is -2.17. The van der Waals surface area contributed by atoms with Gasteiger partial charge in [-0.1, -0.05) is 18.2 Å². The molecule has 0 aliphatic carbocycles. The molecule has 0 aliphatic heterocycles. The summed E-state index contributed by atoms with van der Waals surface area (Å²) in [6.07, 6.45) is 3.03. The summed E-state index contributed by atoms with van der Waals surface area (Å²) in [5, 5.41) is 0. The van der Waals surface area contributed by atoms with Gasteiger partial charge in [-0.25, -0.2) is 4.98 Å². The zero-order valence-electron chi connectivity index (χ0n) is 7.84. The maximum absolute atomic E-state index is 11.5. The number of rotatable bonds is 1. The standard InChI is InChI=1S/C11H10N2O/c1-9-4-2-3-5-10(9)13-8-12-7-6-11(13)14/h2-8H,1H3. The third kappa shape index (κ3) is 1.44. The van der Waals surface area contributed by atoms with E-state index in [1.54, 1.807) is 0 Å². The predicted molar refractivity (Wildman–Crippen MR) is 54.6 cm³/mol.